The van der Waals surface area contributed by atoms with Crippen molar-refractivity contribution in [2.45, 2.75) is 24.5 Å². The first-order valence-corrected chi connectivity index (χ1v) is 13.1. The molecule has 6 N–H and O–H groups in total. The summed E-state index contributed by atoms with van der Waals surface area (Å²) in [7, 11) is 8.35. The van der Waals surface area contributed by atoms with E-state index in [2.05, 4.69) is 0 Å². The van der Waals surface area contributed by atoms with Crippen LogP contribution < -0.4 is 15.4 Å². The number of ether oxygens (including phenoxy) is 1. The lowest BCUT2D eigenvalue weighted by molar-refractivity contribution is -0.148. The van der Waals surface area contributed by atoms with Crippen LogP contribution in [-0.2, 0) is 16.0 Å². The molecule has 4 atom stereocenters. The van der Waals surface area contributed by atoms with Crippen LogP contribution in [0.15, 0.2) is 53.0 Å². The minimum absolute atomic E-state index is 0.0274. The van der Waals surface area contributed by atoms with Crippen molar-refractivity contribution in [3.8, 4) is 22.6 Å². The van der Waals surface area contributed by atoms with Gasteiger partial charge >= 0.3 is 0 Å². The summed E-state index contributed by atoms with van der Waals surface area (Å²) in [6.45, 7) is 0. The van der Waals surface area contributed by atoms with Gasteiger partial charge in [0.1, 0.15) is 28.6 Å². The van der Waals surface area contributed by atoms with Crippen LogP contribution in [0.4, 0.5) is 5.69 Å². The number of primary amides is 1. The number of phenols is 1. The molecule has 0 bridgehead atoms. The smallest absolute Gasteiger partial charge is 0.255 e. The van der Waals surface area contributed by atoms with Crippen LogP contribution in [0, 0.1) is 11.8 Å². The highest BCUT2D eigenvalue weighted by atomic mass is 16.5. The van der Waals surface area contributed by atoms with Crippen molar-refractivity contribution in [1.29, 1.82) is 0 Å². The first-order valence-electron chi connectivity index (χ1n) is 13.1. The molecule has 0 radical (unpaired) electrons. The lowest BCUT2D eigenvalue weighted by Gasteiger charge is -2.50. The Morgan fingerprint density at radius 2 is 1.71 bits per heavy atom. The number of nitrogens with zero attached hydrogens (tertiary/aromatic N) is 2. The second-order valence-electron chi connectivity index (χ2n) is 11.2. The highest BCUT2D eigenvalue weighted by Crippen LogP contribution is 2.54. The third-order valence-electron chi connectivity index (χ3n) is 8.58. The number of ketones is 2. The van der Waals surface area contributed by atoms with E-state index in [0.717, 1.165) is 0 Å². The predicted molar refractivity (Wildman–Crippen MR) is 150 cm³/mol. The number of Topliss-reactive ketones (excluding diaryl/α,β-unsaturated/α-hetero) is 2. The Morgan fingerprint density at radius 1 is 1.07 bits per heavy atom. The fourth-order valence-corrected chi connectivity index (χ4v) is 6.69. The molecular weight excluding hydrogens is 530 g/mol. The second-order valence-corrected chi connectivity index (χ2v) is 11.2. The van der Waals surface area contributed by atoms with E-state index in [1.165, 1.54) is 12.0 Å². The molecular formula is C30H33N3O8. The zero-order valence-corrected chi connectivity index (χ0v) is 23.4. The number of carbonyl (C=O) groups is 3. The SMILES string of the molecule is COc1ccc(-c2cc(N(C)C)c3c(c2O)C(=O)C2=C(O)C4(O)C(=O)C(C(N)=O)=C(O)C(N(C)C)C4CC2C3)cc1. The molecule has 2 aromatic rings. The normalized spacial score (nSPS) is 25.6. The number of likely N-dealkylation sites (N-methyl/N-ethyl adjacent to an activating group) is 1. The molecule has 4 unspecified atom stereocenters. The number of nitrogens with two attached hydrogens (primary N) is 1. The molecule has 11 nitrogen and oxygen atoms in total. The van der Waals surface area contributed by atoms with Gasteiger partial charge in [0.2, 0.25) is 5.78 Å². The van der Waals surface area contributed by atoms with Crippen molar-refractivity contribution in [1.82, 2.24) is 4.90 Å². The minimum atomic E-state index is -2.68. The molecule has 2 aromatic carbocycles. The number of carbonyl (C=O) groups excluding carboxylic acids is 3. The van der Waals surface area contributed by atoms with Gasteiger partial charge in [0.15, 0.2) is 11.4 Å². The summed E-state index contributed by atoms with van der Waals surface area (Å²) in [6.07, 6.45) is 0.234. The average Bonchev–Trinajstić information content (AvgIpc) is 2.90. The third kappa shape index (κ3) is 3.91. The number of aliphatic hydroxyl groups excluding tert-OH is 2. The number of methoxy groups -OCH3 is 1. The van der Waals surface area contributed by atoms with Crippen LogP contribution in [0.1, 0.15) is 22.3 Å². The van der Waals surface area contributed by atoms with Crippen LogP contribution >= 0.6 is 0 Å². The zero-order valence-electron chi connectivity index (χ0n) is 23.4. The van der Waals surface area contributed by atoms with Gasteiger partial charge in [-0.15, -0.1) is 0 Å². The lowest BCUT2D eigenvalue weighted by atomic mass is 9.58. The van der Waals surface area contributed by atoms with E-state index in [-0.39, 0.29) is 29.7 Å². The average molecular weight is 564 g/mol. The largest absolute Gasteiger partial charge is 0.510 e. The second kappa shape index (κ2) is 9.64. The molecule has 1 amide bonds. The summed E-state index contributed by atoms with van der Waals surface area (Å²) < 4.78 is 5.23. The number of allylic oxidation sites excluding steroid dienone is 1. The monoisotopic (exact) mass is 563 g/mol. The number of anilines is 1. The fraction of sp³-hybridized carbons (Fsp3) is 0.367. The summed E-state index contributed by atoms with van der Waals surface area (Å²) in [4.78, 5) is 43.2. The standard InChI is InChI=1S/C30H33N3O8/c1-32(2)19-12-16(13-6-8-15(41-5)9-7-13)24(34)21-17(19)10-14-11-18-23(33(3)4)26(36)22(29(31)39)28(38)30(18,40)27(37)20(14)25(21)35/h6-9,12,14,18,23,34,36-37,40H,10-11H2,1-5H3,(H2,31,39). The van der Waals surface area contributed by atoms with Crippen molar-refractivity contribution >= 4 is 23.2 Å². The van der Waals surface area contributed by atoms with Gasteiger partial charge in [0, 0.05) is 36.8 Å². The number of phenolic OH excluding ortho intramolecular Hbond substituents is 1. The van der Waals surface area contributed by atoms with E-state index in [0.29, 0.717) is 28.1 Å². The van der Waals surface area contributed by atoms with Gasteiger partial charge in [0.05, 0.1) is 18.7 Å². The number of hydrogen-bond donors (Lipinski definition) is 5. The maximum absolute atomic E-state index is 14.2. The predicted octanol–water partition coefficient (Wildman–Crippen LogP) is 1.86. The Balaban J connectivity index is 1.74. The van der Waals surface area contributed by atoms with Crippen LogP contribution in [-0.4, -0.2) is 89.7 Å². The molecule has 0 spiro atoms. The minimum Gasteiger partial charge on any atom is -0.510 e. The summed E-state index contributed by atoms with van der Waals surface area (Å²) in [6, 6.07) is 7.68. The highest BCUT2D eigenvalue weighted by Gasteiger charge is 2.63. The number of aromatic hydroxyl groups is 1. The van der Waals surface area contributed by atoms with E-state index in [9.17, 15) is 34.8 Å². The molecule has 0 aromatic heterocycles. The Morgan fingerprint density at radius 3 is 2.24 bits per heavy atom. The van der Waals surface area contributed by atoms with Crippen molar-refractivity contribution in [3.63, 3.8) is 0 Å². The Kier molecular flexibility index (Phi) is 6.62. The number of benzene rings is 2. The number of hydrogen-bond acceptors (Lipinski definition) is 10. The summed E-state index contributed by atoms with van der Waals surface area (Å²) in [5.74, 6) is -6.16. The van der Waals surface area contributed by atoms with Crippen LogP contribution in [0.3, 0.4) is 0 Å². The van der Waals surface area contributed by atoms with E-state index in [1.807, 2.05) is 19.0 Å². The van der Waals surface area contributed by atoms with Gasteiger partial charge in [-0.3, -0.25) is 19.3 Å². The van der Waals surface area contributed by atoms with Gasteiger partial charge in [-0.1, -0.05) is 12.1 Å². The van der Waals surface area contributed by atoms with E-state index in [1.54, 1.807) is 44.4 Å². The lowest BCUT2D eigenvalue weighted by Crippen LogP contribution is -2.63. The van der Waals surface area contributed by atoms with E-state index >= 15 is 0 Å². The summed E-state index contributed by atoms with van der Waals surface area (Å²) in [5, 5.41) is 45.7. The molecule has 0 heterocycles. The van der Waals surface area contributed by atoms with Crippen molar-refractivity contribution in [2.24, 2.45) is 17.6 Å². The maximum atomic E-state index is 14.2. The summed E-state index contributed by atoms with van der Waals surface area (Å²) in [5.41, 5.74) is 3.87. The Labute approximate surface area is 236 Å². The molecule has 0 saturated carbocycles. The number of aliphatic hydroxyl groups is 3. The molecule has 3 aliphatic rings. The van der Waals surface area contributed by atoms with E-state index < -0.39 is 58.0 Å². The first kappa shape index (κ1) is 28.2. The van der Waals surface area contributed by atoms with Gasteiger partial charge in [0.25, 0.3) is 5.91 Å². The van der Waals surface area contributed by atoms with Crippen molar-refractivity contribution < 1.29 is 39.5 Å². The Hall–Kier alpha value is -4.35. The van der Waals surface area contributed by atoms with Crippen molar-refractivity contribution in [2.75, 3.05) is 40.2 Å². The van der Waals surface area contributed by atoms with Gasteiger partial charge in [-0.25, -0.2) is 0 Å². The quantitative estimate of drug-likeness (QED) is 0.338. The van der Waals surface area contributed by atoms with Gasteiger partial charge < -0.3 is 35.8 Å². The Bertz CT molecular complexity index is 1560. The van der Waals surface area contributed by atoms with E-state index in [4.69, 9.17) is 10.5 Å². The molecule has 0 saturated heterocycles. The first-order chi connectivity index (χ1) is 19.2. The van der Waals surface area contributed by atoms with Gasteiger partial charge in [-0.05, 0) is 62.2 Å². The fourth-order valence-electron chi connectivity index (χ4n) is 6.69. The maximum Gasteiger partial charge on any atom is 0.255 e. The molecule has 0 aliphatic heterocycles. The highest BCUT2D eigenvalue weighted by molar-refractivity contribution is 6.25. The van der Waals surface area contributed by atoms with Crippen molar-refractivity contribution in [3.05, 3.63) is 64.1 Å². The number of amides is 1. The zero-order chi connectivity index (χ0) is 30.1. The number of fused-ring (bicyclic) bond motifs is 3. The van der Waals surface area contributed by atoms with Crippen LogP contribution in [0.5, 0.6) is 11.5 Å². The molecule has 216 valence electrons. The third-order valence-corrected chi connectivity index (χ3v) is 8.58. The molecule has 3 aliphatic carbocycles. The van der Waals surface area contributed by atoms with Gasteiger partial charge in [-0.2, -0.15) is 0 Å². The molecule has 5 rings (SSSR count). The molecule has 0 fully saturated rings. The topological polar surface area (TPSA) is 174 Å². The summed E-state index contributed by atoms with van der Waals surface area (Å²) >= 11 is 0. The number of rotatable bonds is 5. The molecule has 11 heteroatoms. The molecule has 41 heavy (non-hydrogen) atoms. The van der Waals surface area contributed by atoms with Crippen LogP contribution in [0.25, 0.3) is 11.1 Å². The van der Waals surface area contributed by atoms with Crippen LogP contribution in [0.2, 0.25) is 0 Å².